The van der Waals surface area contributed by atoms with Crippen LogP contribution >= 0.6 is 23.2 Å². The second-order valence-electron chi connectivity index (χ2n) is 4.22. The lowest BCUT2D eigenvalue weighted by Gasteiger charge is -2.05. The van der Waals surface area contributed by atoms with Gasteiger partial charge < -0.3 is 0 Å². The average Bonchev–Trinajstić information content (AvgIpc) is 2.34. The molecule has 0 aliphatic carbocycles. The van der Waals surface area contributed by atoms with Crippen molar-refractivity contribution in [1.82, 2.24) is 0 Å². The van der Waals surface area contributed by atoms with E-state index < -0.39 is 5.82 Å². The number of halogens is 3. The summed E-state index contributed by atoms with van der Waals surface area (Å²) >= 11 is 11.7. The van der Waals surface area contributed by atoms with Crippen LogP contribution in [-0.4, -0.2) is 5.78 Å². The molecule has 0 aliphatic rings. The van der Waals surface area contributed by atoms with E-state index in [1.165, 1.54) is 12.1 Å². The van der Waals surface area contributed by atoms with Crippen molar-refractivity contribution in [3.8, 4) is 0 Å². The fourth-order valence-electron chi connectivity index (χ4n) is 1.84. The van der Waals surface area contributed by atoms with E-state index in [1.54, 1.807) is 24.3 Å². The molecule has 0 saturated heterocycles. The van der Waals surface area contributed by atoms with E-state index in [2.05, 4.69) is 0 Å². The van der Waals surface area contributed by atoms with Gasteiger partial charge in [-0.3, -0.25) is 4.79 Å². The van der Waals surface area contributed by atoms with E-state index in [-0.39, 0.29) is 29.2 Å². The van der Waals surface area contributed by atoms with Crippen LogP contribution in [-0.2, 0) is 17.6 Å². The van der Waals surface area contributed by atoms with Gasteiger partial charge in [-0.05, 0) is 29.8 Å². The van der Waals surface area contributed by atoms with Gasteiger partial charge in [-0.1, -0.05) is 41.4 Å². The van der Waals surface area contributed by atoms with Crippen molar-refractivity contribution in [2.45, 2.75) is 12.8 Å². The Balaban J connectivity index is 2.10. The summed E-state index contributed by atoms with van der Waals surface area (Å²) in [5, 5.41) is 0.855. The summed E-state index contributed by atoms with van der Waals surface area (Å²) in [6.45, 7) is 0. The monoisotopic (exact) mass is 296 g/mol. The molecule has 2 aromatic carbocycles. The van der Waals surface area contributed by atoms with Crippen molar-refractivity contribution in [2.75, 3.05) is 0 Å². The molecule has 0 unspecified atom stereocenters. The summed E-state index contributed by atoms with van der Waals surface area (Å²) in [5.74, 6) is -0.554. The molecule has 0 bridgehead atoms. The van der Waals surface area contributed by atoms with Gasteiger partial charge in [0.05, 0.1) is 0 Å². The van der Waals surface area contributed by atoms with Gasteiger partial charge in [0.25, 0.3) is 0 Å². The number of benzene rings is 2. The molecule has 0 saturated carbocycles. The molecular weight excluding hydrogens is 286 g/mol. The molecule has 19 heavy (non-hydrogen) atoms. The molecule has 0 aliphatic heterocycles. The second-order valence-corrected chi connectivity index (χ2v) is 5.07. The Hall–Kier alpha value is -1.38. The first-order chi connectivity index (χ1) is 9.06. The maximum atomic E-state index is 13.6. The van der Waals surface area contributed by atoms with Crippen molar-refractivity contribution in [3.63, 3.8) is 0 Å². The molecule has 0 heterocycles. The largest absolute Gasteiger partial charge is 0.299 e. The van der Waals surface area contributed by atoms with Crippen molar-refractivity contribution in [1.29, 1.82) is 0 Å². The highest BCUT2D eigenvalue weighted by molar-refractivity contribution is 6.31. The zero-order valence-corrected chi connectivity index (χ0v) is 11.5. The lowest BCUT2D eigenvalue weighted by atomic mass is 10.0. The van der Waals surface area contributed by atoms with Crippen LogP contribution in [0.3, 0.4) is 0 Å². The first-order valence-electron chi connectivity index (χ1n) is 5.75. The summed E-state index contributed by atoms with van der Waals surface area (Å²) in [7, 11) is 0. The smallest absolute Gasteiger partial charge is 0.141 e. The highest BCUT2D eigenvalue weighted by Crippen LogP contribution is 2.20. The molecule has 1 nitrogen and oxygen atoms in total. The third-order valence-electron chi connectivity index (χ3n) is 2.73. The van der Waals surface area contributed by atoms with Crippen LogP contribution in [0.4, 0.5) is 4.39 Å². The standard InChI is InChI=1S/C15H11Cl2FO/c16-11-4-1-3-10(7-11)8-12(19)9-13-14(17)5-2-6-15(13)18/h1-7H,8-9H2. The Morgan fingerprint density at radius 1 is 1.05 bits per heavy atom. The lowest BCUT2D eigenvalue weighted by molar-refractivity contribution is -0.117. The minimum Gasteiger partial charge on any atom is -0.299 e. The summed E-state index contributed by atoms with van der Waals surface area (Å²) in [4.78, 5) is 11.9. The minimum absolute atomic E-state index is 0.0159. The molecule has 0 N–H and O–H groups in total. The van der Waals surface area contributed by atoms with Crippen molar-refractivity contribution in [3.05, 3.63) is 69.5 Å². The van der Waals surface area contributed by atoms with Gasteiger partial charge in [0, 0.05) is 28.5 Å². The van der Waals surface area contributed by atoms with Crippen LogP contribution in [0.25, 0.3) is 0 Å². The molecule has 4 heteroatoms. The molecule has 0 atom stereocenters. The van der Waals surface area contributed by atoms with Crippen molar-refractivity contribution < 1.29 is 9.18 Å². The van der Waals surface area contributed by atoms with E-state index >= 15 is 0 Å². The van der Waals surface area contributed by atoms with E-state index in [0.717, 1.165) is 5.56 Å². The maximum absolute atomic E-state index is 13.6. The molecule has 0 spiro atoms. The van der Waals surface area contributed by atoms with Gasteiger partial charge in [-0.2, -0.15) is 0 Å². The summed E-state index contributed by atoms with van der Waals surface area (Å²) in [6.07, 6.45) is 0.198. The van der Waals surface area contributed by atoms with Gasteiger partial charge in [0.2, 0.25) is 0 Å². The van der Waals surface area contributed by atoms with Gasteiger partial charge in [0.1, 0.15) is 11.6 Å². The first kappa shape index (κ1) is 14.0. The summed E-state index contributed by atoms with van der Waals surface area (Å²) in [6, 6.07) is 11.4. The van der Waals surface area contributed by atoms with Crippen LogP contribution in [0.15, 0.2) is 42.5 Å². The van der Waals surface area contributed by atoms with Crippen LogP contribution in [0.1, 0.15) is 11.1 Å². The number of hydrogen-bond donors (Lipinski definition) is 0. The first-order valence-corrected chi connectivity index (χ1v) is 6.51. The molecule has 0 fully saturated rings. The highest BCUT2D eigenvalue weighted by atomic mass is 35.5. The fraction of sp³-hybridized carbons (Fsp3) is 0.133. The van der Waals surface area contributed by atoms with Crippen LogP contribution in [0, 0.1) is 5.82 Å². The Kier molecular flexibility index (Phi) is 4.56. The quantitative estimate of drug-likeness (QED) is 0.812. The third-order valence-corrected chi connectivity index (χ3v) is 3.32. The van der Waals surface area contributed by atoms with E-state index in [1.807, 2.05) is 6.07 Å². The average molecular weight is 297 g/mol. The maximum Gasteiger partial charge on any atom is 0.141 e. The molecule has 0 amide bonds. The molecule has 2 aromatic rings. The normalized spacial score (nSPS) is 10.5. The van der Waals surface area contributed by atoms with Gasteiger partial charge >= 0.3 is 0 Å². The van der Waals surface area contributed by atoms with E-state index in [4.69, 9.17) is 23.2 Å². The van der Waals surface area contributed by atoms with Crippen LogP contribution in [0.2, 0.25) is 10.0 Å². The van der Waals surface area contributed by atoms with E-state index in [0.29, 0.717) is 5.02 Å². The molecule has 0 radical (unpaired) electrons. The van der Waals surface area contributed by atoms with Crippen molar-refractivity contribution in [2.24, 2.45) is 0 Å². The highest BCUT2D eigenvalue weighted by Gasteiger charge is 2.12. The topological polar surface area (TPSA) is 17.1 Å². The molecule has 0 aromatic heterocycles. The molecule has 98 valence electrons. The third kappa shape index (κ3) is 3.79. The Bertz CT molecular complexity index is 591. The predicted molar refractivity (Wildman–Crippen MR) is 75.3 cm³/mol. The number of Topliss-reactive ketones (excluding diaryl/α,β-unsaturated/α-hetero) is 1. The number of ketones is 1. The number of carbonyl (C=O) groups is 1. The summed E-state index contributed by atoms with van der Waals surface area (Å²) < 4.78 is 13.6. The van der Waals surface area contributed by atoms with E-state index in [9.17, 15) is 9.18 Å². The summed E-state index contributed by atoms with van der Waals surface area (Å²) in [5.41, 5.74) is 1.06. The minimum atomic E-state index is -0.452. The fourth-order valence-corrected chi connectivity index (χ4v) is 2.28. The Morgan fingerprint density at radius 2 is 1.79 bits per heavy atom. The van der Waals surface area contributed by atoms with Gasteiger partial charge in [-0.15, -0.1) is 0 Å². The number of rotatable bonds is 4. The Morgan fingerprint density at radius 3 is 2.47 bits per heavy atom. The predicted octanol–water partition coefficient (Wildman–Crippen LogP) is 4.49. The number of hydrogen-bond acceptors (Lipinski definition) is 1. The van der Waals surface area contributed by atoms with Crippen LogP contribution < -0.4 is 0 Å². The lowest BCUT2D eigenvalue weighted by Crippen LogP contribution is -2.08. The van der Waals surface area contributed by atoms with Crippen LogP contribution in [0.5, 0.6) is 0 Å². The van der Waals surface area contributed by atoms with Crippen molar-refractivity contribution >= 4 is 29.0 Å². The van der Waals surface area contributed by atoms with Gasteiger partial charge in [-0.25, -0.2) is 4.39 Å². The molecular formula is C15H11Cl2FO. The number of carbonyl (C=O) groups excluding carboxylic acids is 1. The zero-order chi connectivity index (χ0) is 13.8. The van der Waals surface area contributed by atoms with Gasteiger partial charge in [0.15, 0.2) is 0 Å². The Labute approximate surface area is 121 Å². The SMILES string of the molecule is O=C(Cc1cccc(Cl)c1)Cc1c(F)cccc1Cl. The zero-order valence-electron chi connectivity index (χ0n) is 10.00. The second kappa shape index (κ2) is 6.18. The molecule has 2 rings (SSSR count).